The summed E-state index contributed by atoms with van der Waals surface area (Å²) in [5.74, 6) is 0.870. The van der Waals surface area contributed by atoms with Crippen LogP contribution in [0.4, 0.5) is 17.3 Å². The lowest BCUT2D eigenvalue weighted by Gasteiger charge is -2.07. The van der Waals surface area contributed by atoms with Crippen molar-refractivity contribution in [3.63, 3.8) is 0 Å². The highest BCUT2D eigenvalue weighted by Gasteiger charge is 2.06. The Morgan fingerprint density at radius 3 is 2.20 bits per heavy atom. The van der Waals surface area contributed by atoms with Crippen LogP contribution in [0, 0.1) is 6.92 Å². The summed E-state index contributed by atoms with van der Waals surface area (Å²) in [6.07, 6.45) is 0.298. The van der Waals surface area contributed by atoms with E-state index in [4.69, 9.17) is 11.6 Å². The van der Waals surface area contributed by atoms with Crippen LogP contribution in [0.5, 0.6) is 0 Å². The third kappa shape index (κ3) is 5.02. The van der Waals surface area contributed by atoms with Crippen LogP contribution in [0.3, 0.4) is 0 Å². The quantitative estimate of drug-likeness (QED) is 0.715. The van der Waals surface area contributed by atoms with E-state index in [9.17, 15) is 4.79 Å². The second-order valence-electron chi connectivity index (χ2n) is 5.65. The molecule has 1 heterocycles. The zero-order valence-corrected chi connectivity index (χ0v) is 14.4. The Bertz CT molecular complexity index is 846. The average molecular weight is 353 g/mol. The Hall–Kier alpha value is -2.92. The third-order valence-corrected chi connectivity index (χ3v) is 3.79. The number of hydrogen-bond donors (Lipinski definition) is 2. The zero-order valence-electron chi connectivity index (χ0n) is 13.7. The first-order chi connectivity index (χ1) is 12.1. The Labute approximate surface area is 151 Å². The highest BCUT2D eigenvalue weighted by Crippen LogP contribution is 2.17. The van der Waals surface area contributed by atoms with E-state index in [-0.39, 0.29) is 5.91 Å². The van der Waals surface area contributed by atoms with Crippen LogP contribution in [0.25, 0.3) is 0 Å². The molecule has 1 aromatic heterocycles. The molecule has 25 heavy (non-hydrogen) atoms. The number of nitrogens with zero attached hydrogens (tertiary/aromatic N) is 2. The summed E-state index contributed by atoms with van der Waals surface area (Å²) in [5, 5.41) is 14.6. The van der Waals surface area contributed by atoms with Gasteiger partial charge in [-0.3, -0.25) is 4.79 Å². The van der Waals surface area contributed by atoms with Gasteiger partial charge in [0.25, 0.3) is 0 Å². The van der Waals surface area contributed by atoms with Gasteiger partial charge in [-0.2, -0.15) is 0 Å². The monoisotopic (exact) mass is 352 g/mol. The lowest BCUT2D eigenvalue weighted by atomic mass is 10.1. The summed E-state index contributed by atoms with van der Waals surface area (Å²) in [4.78, 5) is 12.1. The number of aryl methyl sites for hydroxylation is 1. The molecule has 0 aliphatic carbocycles. The standard InChI is InChI=1S/C19H17ClN4O/c1-13-2-4-14(5-3-13)12-19(25)22-18-11-10-17(23-24-18)21-16-8-6-15(20)7-9-16/h2-11H,12H2,1H3,(H,21,23)(H,22,24,25). The van der Waals surface area contributed by atoms with Gasteiger partial charge in [0, 0.05) is 10.7 Å². The first-order valence-corrected chi connectivity index (χ1v) is 8.18. The number of hydrogen-bond acceptors (Lipinski definition) is 4. The minimum Gasteiger partial charge on any atom is -0.339 e. The fourth-order valence-corrected chi connectivity index (χ4v) is 2.35. The van der Waals surface area contributed by atoms with E-state index in [0.717, 1.165) is 11.3 Å². The number of aromatic nitrogens is 2. The topological polar surface area (TPSA) is 66.9 Å². The van der Waals surface area contributed by atoms with Crippen molar-refractivity contribution >= 4 is 34.8 Å². The predicted octanol–water partition coefficient (Wildman–Crippen LogP) is 4.36. The van der Waals surface area contributed by atoms with Crippen molar-refractivity contribution in [3.05, 3.63) is 76.8 Å². The molecule has 0 unspecified atom stereocenters. The van der Waals surface area contributed by atoms with Crippen LogP contribution in [-0.4, -0.2) is 16.1 Å². The lowest BCUT2D eigenvalue weighted by Crippen LogP contribution is -2.15. The molecule has 0 saturated heterocycles. The summed E-state index contributed by atoms with van der Waals surface area (Å²) < 4.78 is 0. The highest BCUT2D eigenvalue weighted by molar-refractivity contribution is 6.30. The van der Waals surface area contributed by atoms with Gasteiger partial charge in [0.2, 0.25) is 5.91 Å². The fourth-order valence-electron chi connectivity index (χ4n) is 2.23. The number of anilines is 3. The van der Waals surface area contributed by atoms with Crippen LogP contribution in [0.1, 0.15) is 11.1 Å². The first kappa shape index (κ1) is 16.9. The maximum Gasteiger partial charge on any atom is 0.229 e. The molecule has 0 atom stereocenters. The molecule has 0 bridgehead atoms. The fraction of sp³-hybridized carbons (Fsp3) is 0.105. The van der Waals surface area contributed by atoms with Crippen molar-refractivity contribution in [1.82, 2.24) is 10.2 Å². The number of carbonyl (C=O) groups excluding carboxylic acids is 1. The molecule has 2 N–H and O–H groups in total. The Morgan fingerprint density at radius 2 is 1.56 bits per heavy atom. The van der Waals surface area contributed by atoms with Crippen molar-refractivity contribution in [3.8, 4) is 0 Å². The number of rotatable bonds is 5. The van der Waals surface area contributed by atoms with Crippen LogP contribution in [0.2, 0.25) is 5.02 Å². The molecule has 2 aromatic carbocycles. The summed E-state index contributed by atoms with van der Waals surface area (Å²) in [5.41, 5.74) is 2.98. The Balaban J connectivity index is 1.57. The van der Waals surface area contributed by atoms with Gasteiger partial charge in [-0.15, -0.1) is 10.2 Å². The molecule has 0 radical (unpaired) electrons. The SMILES string of the molecule is Cc1ccc(CC(=O)Nc2ccc(Nc3ccc(Cl)cc3)nn2)cc1. The van der Waals surface area contributed by atoms with Gasteiger partial charge in [0.05, 0.1) is 6.42 Å². The summed E-state index contributed by atoms with van der Waals surface area (Å²) in [6.45, 7) is 2.01. The molecule has 3 rings (SSSR count). The van der Waals surface area contributed by atoms with Crippen molar-refractivity contribution in [2.24, 2.45) is 0 Å². The molecule has 6 heteroatoms. The molecule has 0 saturated carbocycles. The zero-order chi connectivity index (χ0) is 17.6. The summed E-state index contributed by atoms with van der Waals surface area (Å²) in [6, 6.07) is 18.6. The van der Waals surface area contributed by atoms with Gasteiger partial charge >= 0.3 is 0 Å². The van der Waals surface area contributed by atoms with E-state index in [2.05, 4.69) is 20.8 Å². The summed E-state index contributed by atoms with van der Waals surface area (Å²) >= 11 is 5.85. The highest BCUT2D eigenvalue weighted by atomic mass is 35.5. The van der Waals surface area contributed by atoms with Gasteiger partial charge in [-0.25, -0.2) is 0 Å². The third-order valence-electron chi connectivity index (χ3n) is 3.53. The number of nitrogens with one attached hydrogen (secondary N) is 2. The van der Waals surface area contributed by atoms with Gasteiger partial charge < -0.3 is 10.6 Å². The second-order valence-corrected chi connectivity index (χ2v) is 6.08. The van der Waals surface area contributed by atoms with Crippen molar-refractivity contribution in [1.29, 1.82) is 0 Å². The van der Waals surface area contributed by atoms with Gasteiger partial charge in [0.1, 0.15) is 0 Å². The first-order valence-electron chi connectivity index (χ1n) is 7.80. The maximum atomic E-state index is 12.1. The molecule has 5 nitrogen and oxygen atoms in total. The van der Waals surface area contributed by atoms with E-state index in [1.807, 2.05) is 43.3 Å². The largest absolute Gasteiger partial charge is 0.339 e. The minimum atomic E-state index is -0.128. The van der Waals surface area contributed by atoms with Gasteiger partial charge in [-0.1, -0.05) is 41.4 Å². The van der Waals surface area contributed by atoms with Crippen molar-refractivity contribution in [2.75, 3.05) is 10.6 Å². The van der Waals surface area contributed by atoms with E-state index in [0.29, 0.717) is 23.1 Å². The molecular weight excluding hydrogens is 336 g/mol. The number of carbonyl (C=O) groups is 1. The van der Waals surface area contributed by atoms with Gasteiger partial charge in [0.15, 0.2) is 11.6 Å². The Morgan fingerprint density at radius 1 is 0.920 bits per heavy atom. The van der Waals surface area contributed by atoms with E-state index in [1.54, 1.807) is 24.3 Å². The molecule has 0 aliphatic rings. The van der Waals surface area contributed by atoms with Crippen LogP contribution in [-0.2, 0) is 11.2 Å². The normalized spacial score (nSPS) is 10.3. The average Bonchev–Trinajstić information content (AvgIpc) is 2.61. The van der Waals surface area contributed by atoms with Crippen molar-refractivity contribution in [2.45, 2.75) is 13.3 Å². The van der Waals surface area contributed by atoms with E-state index < -0.39 is 0 Å². The number of amides is 1. The molecule has 1 amide bonds. The Kier molecular flexibility index (Phi) is 5.26. The second kappa shape index (κ2) is 7.77. The number of benzene rings is 2. The molecule has 0 spiro atoms. The molecule has 3 aromatic rings. The molecule has 126 valence electrons. The van der Waals surface area contributed by atoms with Crippen molar-refractivity contribution < 1.29 is 4.79 Å². The number of halogens is 1. The van der Waals surface area contributed by atoms with Crippen LogP contribution < -0.4 is 10.6 Å². The minimum absolute atomic E-state index is 0.128. The smallest absolute Gasteiger partial charge is 0.229 e. The molecule has 0 aliphatic heterocycles. The van der Waals surface area contributed by atoms with Crippen LogP contribution in [0.15, 0.2) is 60.7 Å². The van der Waals surface area contributed by atoms with Crippen LogP contribution >= 0.6 is 11.6 Å². The van der Waals surface area contributed by atoms with E-state index in [1.165, 1.54) is 5.56 Å². The summed E-state index contributed by atoms with van der Waals surface area (Å²) in [7, 11) is 0. The molecular formula is C19H17ClN4O. The van der Waals surface area contributed by atoms with E-state index >= 15 is 0 Å². The maximum absolute atomic E-state index is 12.1. The lowest BCUT2D eigenvalue weighted by molar-refractivity contribution is -0.115. The predicted molar refractivity (Wildman–Crippen MR) is 100 cm³/mol. The molecule has 0 fully saturated rings. The van der Waals surface area contributed by atoms with Gasteiger partial charge in [-0.05, 0) is 48.9 Å².